The Labute approximate surface area is 171 Å². The molecule has 0 spiro atoms. The number of halogens is 1. The maximum Gasteiger partial charge on any atom is 0.341 e. The maximum atomic E-state index is 15.2. The summed E-state index contributed by atoms with van der Waals surface area (Å²) in [5.74, 6) is -1.33. The Morgan fingerprint density at radius 3 is 2.83 bits per heavy atom. The number of nitrogens with zero attached hydrogens (tertiary/aromatic N) is 2. The summed E-state index contributed by atoms with van der Waals surface area (Å²) in [6, 6.07) is 1.18. The highest BCUT2D eigenvalue weighted by atomic mass is 19.1. The summed E-state index contributed by atoms with van der Waals surface area (Å²) in [4.78, 5) is 26.2. The number of hydrogen-bond acceptors (Lipinski definition) is 6. The van der Waals surface area contributed by atoms with E-state index in [1.165, 1.54) is 19.0 Å². The van der Waals surface area contributed by atoms with Gasteiger partial charge in [-0.1, -0.05) is 0 Å². The number of anilines is 1. The molecule has 1 saturated heterocycles. The summed E-state index contributed by atoms with van der Waals surface area (Å²) < 4.78 is 22.6. The van der Waals surface area contributed by atoms with Crippen LogP contribution in [0.25, 0.3) is 10.9 Å². The molecule has 0 amide bonds. The molecule has 1 aromatic heterocycles. The third-order valence-electron chi connectivity index (χ3n) is 6.33. The van der Waals surface area contributed by atoms with Crippen LogP contribution in [0.3, 0.4) is 0 Å². The second-order valence-corrected chi connectivity index (χ2v) is 8.45. The molecule has 3 N–H and O–H groups in total. The van der Waals surface area contributed by atoms with E-state index in [2.05, 4.69) is 5.32 Å². The Morgan fingerprint density at radius 2 is 2.13 bits per heavy atom. The number of aliphatic hydroxyl groups is 1. The number of aliphatic hydroxyl groups excluding tert-OH is 1. The van der Waals surface area contributed by atoms with Gasteiger partial charge in [0.25, 0.3) is 0 Å². The molecule has 5 rings (SSSR count). The van der Waals surface area contributed by atoms with Crippen LogP contribution >= 0.6 is 0 Å². The van der Waals surface area contributed by atoms with E-state index in [1.54, 1.807) is 4.57 Å². The topological polar surface area (TPSA) is 104 Å². The van der Waals surface area contributed by atoms with Gasteiger partial charge in [0.05, 0.1) is 23.6 Å². The average molecular weight is 417 g/mol. The average Bonchev–Trinajstić information content (AvgIpc) is 3.45. The van der Waals surface area contributed by atoms with Crippen LogP contribution < -0.4 is 20.4 Å². The van der Waals surface area contributed by atoms with Crippen LogP contribution in [-0.4, -0.2) is 59.6 Å². The number of carbonyl (C=O) groups is 1. The number of ether oxygens (including phenoxy) is 1. The number of hydrogen-bond donors (Lipinski definition) is 3. The summed E-state index contributed by atoms with van der Waals surface area (Å²) in [7, 11) is 0. The highest BCUT2D eigenvalue weighted by Gasteiger charge is 2.34. The second-order valence-electron chi connectivity index (χ2n) is 8.45. The summed E-state index contributed by atoms with van der Waals surface area (Å²) in [6.45, 7) is 2.03. The molecular weight excluding hydrogens is 393 g/mol. The van der Waals surface area contributed by atoms with Gasteiger partial charge in [0.2, 0.25) is 5.43 Å². The van der Waals surface area contributed by atoms with Gasteiger partial charge >= 0.3 is 5.97 Å². The third-order valence-corrected chi connectivity index (χ3v) is 6.33. The fraction of sp³-hybridized carbons (Fsp3) is 0.524. The van der Waals surface area contributed by atoms with E-state index in [1.807, 2.05) is 4.90 Å². The molecule has 0 unspecified atom stereocenters. The molecule has 0 radical (unpaired) electrons. The minimum atomic E-state index is -1.38. The van der Waals surface area contributed by atoms with E-state index in [0.29, 0.717) is 36.3 Å². The van der Waals surface area contributed by atoms with E-state index >= 15 is 4.39 Å². The van der Waals surface area contributed by atoms with Crippen LogP contribution in [0.4, 0.5) is 10.1 Å². The van der Waals surface area contributed by atoms with Crippen LogP contribution in [0.15, 0.2) is 17.1 Å². The zero-order valence-corrected chi connectivity index (χ0v) is 16.4. The predicted molar refractivity (Wildman–Crippen MR) is 108 cm³/mol. The van der Waals surface area contributed by atoms with Gasteiger partial charge < -0.3 is 29.7 Å². The molecule has 0 bridgehead atoms. The summed E-state index contributed by atoms with van der Waals surface area (Å²) in [5, 5.41) is 22.6. The van der Waals surface area contributed by atoms with Crippen molar-refractivity contribution in [2.45, 2.75) is 31.3 Å². The van der Waals surface area contributed by atoms with Crippen LogP contribution in [-0.2, 0) is 0 Å². The van der Waals surface area contributed by atoms with Gasteiger partial charge in [-0.2, -0.15) is 0 Å². The van der Waals surface area contributed by atoms with Gasteiger partial charge in [0, 0.05) is 25.3 Å². The first-order valence-electron chi connectivity index (χ1n) is 10.3. The van der Waals surface area contributed by atoms with Crippen molar-refractivity contribution in [3.63, 3.8) is 0 Å². The van der Waals surface area contributed by atoms with Crippen LogP contribution in [0.5, 0.6) is 5.75 Å². The van der Waals surface area contributed by atoms with E-state index in [0.717, 1.165) is 19.0 Å². The molecule has 3 aliphatic rings. The van der Waals surface area contributed by atoms with E-state index in [4.69, 9.17) is 4.74 Å². The Bertz CT molecular complexity index is 1080. The smallest absolute Gasteiger partial charge is 0.341 e. The van der Waals surface area contributed by atoms with E-state index < -0.39 is 28.8 Å². The lowest BCUT2D eigenvalue weighted by molar-refractivity contribution is 0.0693. The van der Waals surface area contributed by atoms with Crippen molar-refractivity contribution >= 4 is 22.6 Å². The molecule has 160 valence electrons. The van der Waals surface area contributed by atoms with Gasteiger partial charge in [0.15, 0.2) is 11.6 Å². The SMILES string of the molecule is O=C(O)c1cn2c3c(c(N4CC[C@@H](CNC5CC5)C4)c(F)cc3c1=O)OC[C@@H]2CO. The number of nitrogens with one attached hydrogen (secondary N) is 1. The van der Waals surface area contributed by atoms with Crippen molar-refractivity contribution in [2.24, 2.45) is 5.92 Å². The van der Waals surface area contributed by atoms with Gasteiger partial charge in [-0.25, -0.2) is 9.18 Å². The molecule has 2 fully saturated rings. The van der Waals surface area contributed by atoms with Gasteiger partial charge in [-0.05, 0) is 37.8 Å². The predicted octanol–water partition coefficient (Wildman–Crippen LogP) is 1.34. The fourth-order valence-electron chi connectivity index (χ4n) is 4.54. The lowest BCUT2D eigenvalue weighted by Crippen LogP contribution is -2.32. The number of rotatable bonds is 6. The Morgan fingerprint density at radius 1 is 1.33 bits per heavy atom. The highest BCUT2D eigenvalue weighted by Crippen LogP contribution is 2.43. The van der Waals surface area contributed by atoms with Crippen molar-refractivity contribution in [2.75, 3.05) is 37.7 Å². The number of benzene rings is 1. The molecule has 1 aliphatic carbocycles. The van der Waals surface area contributed by atoms with Crippen molar-refractivity contribution < 1.29 is 24.1 Å². The molecule has 2 atom stereocenters. The first kappa shape index (κ1) is 19.3. The molecule has 9 heteroatoms. The molecule has 2 aromatic rings. The van der Waals surface area contributed by atoms with E-state index in [-0.39, 0.29) is 24.3 Å². The largest absolute Gasteiger partial charge is 0.487 e. The Balaban J connectivity index is 1.60. The fourth-order valence-corrected chi connectivity index (χ4v) is 4.54. The van der Waals surface area contributed by atoms with Gasteiger partial charge in [-0.15, -0.1) is 0 Å². The molecule has 1 aromatic carbocycles. The van der Waals surface area contributed by atoms with Crippen LogP contribution in [0.1, 0.15) is 35.7 Å². The first-order valence-corrected chi connectivity index (χ1v) is 10.3. The second kappa shape index (κ2) is 7.24. The molecule has 8 nitrogen and oxygen atoms in total. The van der Waals surface area contributed by atoms with Crippen LogP contribution in [0.2, 0.25) is 0 Å². The highest BCUT2D eigenvalue weighted by molar-refractivity contribution is 5.97. The monoisotopic (exact) mass is 417 g/mol. The maximum absolute atomic E-state index is 15.2. The van der Waals surface area contributed by atoms with Gasteiger partial charge in [-0.3, -0.25) is 4.79 Å². The van der Waals surface area contributed by atoms with Crippen molar-refractivity contribution in [3.8, 4) is 5.75 Å². The third kappa shape index (κ3) is 3.13. The van der Waals surface area contributed by atoms with Gasteiger partial charge in [0.1, 0.15) is 17.9 Å². The normalized spacial score (nSPS) is 23.1. The molecular formula is C21H24FN3O5. The number of carboxylic acids is 1. The lowest BCUT2D eigenvalue weighted by Gasteiger charge is -2.32. The molecule has 2 aliphatic heterocycles. The summed E-state index contributed by atoms with van der Waals surface area (Å²) in [5.41, 5.74) is -0.556. The van der Waals surface area contributed by atoms with Crippen molar-refractivity contribution in [1.29, 1.82) is 0 Å². The quantitative estimate of drug-likeness (QED) is 0.652. The van der Waals surface area contributed by atoms with Crippen LogP contribution in [0, 0.1) is 11.7 Å². The van der Waals surface area contributed by atoms with E-state index in [9.17, 15) is 19.8 Å². The Kier molecular flexibility index (Phi) is 4.67. The Hall–Kier alpha value is -2.65. The van der Waals surface area contributed by atoms with Crippen molar-refractivity contribution in [3.05, 3.63) is 33.9 Å². The standard InChI is InChI=1S/C21H24FN3O5/c22-16-5-14-17-20(18(16)24-4-3-11(7-24)6-23-12-1-2-12)30-10-13(9-26)25(17)8-15(19(14)27)21(28)29/h5,8,11-13,23,26H,1-4,6-7,9-10H2,(H,28,29)/t11-,13-/m0/s1. The number of carboxylic acid groups (broad SMARTS) is 1. The summed E-state index contributed by atoms with van der Waals surface area (Å²) >= 11 is 0. The van der Waals surface area contributed by atoms with Crippen molar-refractivity contribution in [1.82, 2.24) is 9.88 Å². The zero-order valence-electron chi connectivity index (χ0n) is 16.4. The lowest BCUT2D eigenvalue weighted by atomic mass is 10.1. The number of pyridine rings is 1. The number of aromatic nitrogens is 1. The molecule has 1 saturated carbocycles. The minimum Gasteiger partial charge on any atom is -0.487 e. The molecule has 30 heavy (non-hydrogen) atoms. The minimum absolute atomic E-state index is 0.0459. The number of aromatic carboxylic acids is 1. The summed E-state index contributed by atoms with van der Waals surface area (Å²) in [6.07, 6.45) is 4.60. The zero-order chi connectivity index (χ0) is 21.0. The molecule has 3 heterocycles. The first-order chi connectivity index (χ1) is 14.5.